The normalized spacial score (nSPS) is 23.2. The highest BCUT2D eigenvalue weighted by Crippen LogP contribution is 2.29. The van der Waals surface area contributed by atoms with Gasteiger partial charge in [0.05, 0.1) is 0 Å². The van der Waals surface area contributed by atoms with E-state index in [-0.39, 0.29) is 11.4 Å². The summed E-state index contributed by atoms with van der Waals surface area (Å²) in [4.78, 5) is 27.1. The lowest BCUT2D eigenvalue weighted by Crippen LogP contribution is -2.55. The number of nitrogens with one attached hydrogen (secondary N) is 1. The topological polar surface area (TPSA) is 72.9 Å². The van der Waals surface area contributed by atoms with Gasteiger partial charge in [0.15, 0.2) is 0 Å². The summed E-state index contributed by atoms with van der Waals surface area (Å²) in [7, 11) is 3.98. The number of carboxylic acid groups (broad SMARTS) is 1. The van der Waals surface area contributed by atoms with Gasteiger partial charge in [-0.2, -0.15) is 0 Å². The molecule has 0 bridgehead atoms. The highest BCUT2D eigenvalue weighted by atomic mass is 16.4. The van der Waals surface area contributed by atoms with E-state index in [1.807, 2.05) is 14.1 Å². The molecule has 2 amide bonds. The van der Waals surface area contributed by atoms with Crippen LogP contribution in [0.2, 0.25) is 0 Å². The maximum atomic E-state index is 12.2. The van der Waals surface area contributed by atoms with Crippen LogP contribution in [0.4, 0.5) is 4.79 Å². The second-order valence-electron chi connectivity index (χ2n) is 6.89. The van der Waals surface area contributed by atoms with Gasteiger partial charge in [0.2, 0.25) is 0 Å². The molecule has 0 aromatic heterocycles. The van der Waals surface area contributed by atoms with E-state index in [1.165, 1.54) is 4.90 Å². The molecule has 1 fully saturated rings. The number of nitrogens with zero attached hydrogens (tertiary/aromatic N) is 2. The van der Waals surface area contributed by atoms with Crippen molar-refractivity contribution in [2.75, 3.05) is 33.7 Å². The highest BCUT2D eigenvalue weighted by Gasteiger charge is 2.46. The summed E-state index contributed by atoms with van der Waals surface area (Å²) in [5.41, 5.74) is -1.13. The molecule has 6 heteroatoms. The van der Waals surface area contributed by atoms with Gasteiger partial charge in [-0.05, 0) is 39.3 Å². The standard InChI is InChI=1S/C14H27N3O3/c1-13(2,10-16(4)5)9-15-12(20)17-8-6-7-14(17,3)11(18)19/h6-10H2,1-5H3,(H,15,20)(H,18,19). The lowest BCUT2D eigenvalue weighted by molar-refractivity contribution is -0.147. The van der Waals surface area contributed by atoms with Crippen LogP contribution in [-0.4, -0.2) is 66.2 Å². The second kappa shape index (κ2) is 5.99. The largest absolute Gasteiger partial charge is 0.480 e. The number of likely N-dealkylation sites (tertiary alicyclic amines) is 1. The third-order valence-electron chi connectivity index (χ3n) is 3.81. The van der Waals surface area contributed by atoms with Crippen molar-refractivity contribution in [3.8, 4) is 0 Å². The Bertz CT molecular complexity index is 382. The first kappa shape index (κ1) is 16.8. The average Bonchev–Trinajstić information content (AvgIpc) is 2.68. The zero-order valence-electron chi connectivity index (χ0n) is 13.2. The molecule has 1 heterocycles. The zero-order valence-corrected chi connectivity index (χ0v) is 13.2. The van der Waals surface area contributed by atoms with Gasteiger partial charge in [-0.25, -0.2) is 9.59 Å². The molecule has 0 aromatic carbocycles. The fourth-order valence-electron chi connectivity index (χ4n) is 2.83. The number of urea groups is 1. The molecule has 1 aliphatic rings. The number of hydrogen-bond acceptors (Lipinski definition) is 3. The molecule has 20 heavy (non-hydrogen) atoms. The van der Waals surface area contributed by atoms with Crippen LogP contribution in [0.3, 0.4) is 0 Å². The molecular formula is C14H27N3O3. The van der Waals surface area contributed by atoms with Crippen molar-refractivity contribution < 1.29 is 14.7 Å². The number of hydrogen-bond donors (Lipinski definition) is 2. The molecule has 0 spiro atoms. The van der Waals surface area contributed by atoms with E-state index in [4.69, 9.17) is 0 Å². The predicted molar refractivity (Wildman–Crippen MR) is 77.7 cm³/mol. The van der Waals surface area contributed by atoms with Crippen molar-refractivity contribution in [3.63, 3.8) is 0 Å². The van der Waals surface area contributed by atoms with Crippen LogP contribution in [0.1, 0.15) is 33.6 Å². The van der Waals surface area contributed by atoms with E-state index in [2.05, 4.69) is 24.1 Å². The fourth-order valence-corrected chi connectivity index (χ4v) is 2.83. The number of carbonyl (C=O) groups excluding carboxylic acids is 1. The summed E-state index contributed by atoms with van der Waals surface area (Å²) in [6, 6.07) is -0.278. The second-order valence-corrected chi connectivity index (χ2v) is 6.89. The SMILES string of the molecule is CN(C)CC(C)(C)CNC(=O)N1CCCC1(C)C(=O)O. The first-order valence-electron chi connectivity index (χ1n) is 7.02. The molecule has 1 saturated heterocycles. The third kappa shape index (κ3) is 3.85. The van der Waals surface area contributed by atoms with E-state index in [0.717, 1.165) is 13.0 Å². The molecule has 0 aliphatic carbocycles. The minimum Gasteiger partial charge on any atom is -0.480 e. The van der Waals surface area contributed by atoms with Crippen LogP contribution in [-0.2, 0) is 4.79 Å². The summed E-state index contributed by atoms with van der Waals surface area (Å²) < 4.78 is 0. The monoisotopic (exact) mass is 285 g/mol. The Morgan fingerprint density at radius 1 is 1.40 bits per heavy atom. The van der Waals surface area contributed by atoms with Gasteiger partial charge in [-0.1, -0.05) is 13.8 Å². The van der Waals surface area contributed by atoms with Crippen LogP contribution in [0.25, 0.3) is 0 Å². The van der Waals surface area contributed by atoms with Gasteiger partial charge < -0.3 is 20.2 Å². The van der Waals surface area contributed by atoms with Crippen molar-refractivity contribution in [1.29, 1.82) is 0 Å². The van der Waals surface area contributed by atoms with Gasteiger partial charge in [-0.3, -0.25) is 0 Å². The molecule has 1 atom stereocenters. The minimum absolute atomic E-state index is 0.0570. The van der Waals surface area contributed by atoms with Crippen LogP contribution in [0, 0.1) is 5.41 Å². The Morgan fingerprint density at radius 3 is 2.50 bits per heavy atom. The van der Waals surface area contributed by atoms with E-state index < -0.39 is 11.5 Å². The highest BCUT2D eigenvalue weighted by molar-refractivity contribution is 5.86. The van der Waals surface area contributed by atoms with E-state index in [9.17, 15) is 14.7 Å². The summed E-state index contributed by atoms with van der Waals surface area (Å²) >= 11 is 0. The van der Waals surface area contributed by atoms with Gasteiger partial charge in [0.25, 0.3) is 0 Å². The van der Waals surface area contributed by atoms with Gasteiger partial charge in [0.1, 0.15) is 5.54 Å². The molecule has 6 nitrogen and oxygen atoms in total. The number of rotatable bonds is 5. The first-order valence-corrected chi connectivity index (χ1v) is 7.02. The summed E-state index contributed by atoms with van der Waals surface area (Å²) in [6.07, 6.45) is 1.24. The number of carboxylic acids is 1. The molecule has 1 rings (SSSR count). The molecule has 0 aromatic rings. The Labute approximate surface area is 121 Å². The molecule has 116 valence electrons. The van der Waals surface area contributed by atoms with Crippen molar-refractivity contribution in [2.24, 2.45) is 5.41 Å². The zero-order chi connectivity index (χ0) is 15.6. The quantitative estimate of drug-likeness (QED) is 0.796. The van der Waals surface area contributed by atoms with Crippen molar-refractivity contribution in [1.82, 2.24) is 15.1 Å². The van der Waals surface area contributed by atoms with Crippen LogP contribution < -0.4 is 5.32 Å². The third-order valence-corrected chi connectivity index (χ3v) is 3.81. The minimum atomic E-state index is -1.07. The molecular weight excluding hydrogens is 258 g/mol. The van der Waals surface area contributed by atoms with Gasteiger partial charge in [0, 0.05) is 19.6 Å². The Kier molecular flexibility index (Phi) is 5.02. The maximum absolute atomic E-state index is 12.2. The smallest absolute Gasteiger partial charge is 0.329 e. The molecule has 0 radical (unpaired) electrons. The fraction of sp³-hybridized carbons (Fsp3) is 0.857. The van der Waals surface area contributed by atoms with Crippen molar-refractivity contribution >= 4 is 12.0 Å². The predicted octanol–water partition coefficient (Wildman–Crippen LogP) is 1.22. The number of aliphatic carboxylic acids is 1. The van der Waals surface area contributed by atoms with E-state index in [0.29, 0.717) is 19.5 Å². The summed E-state index contributed by atoms with van der Waals surface area (Å²) in [5.74, 6) is -0.933. The molecule has 2 N–H and O–H groups in total. The average molecular weight is 285 g/mol. The van der Waals surface area contributed by atoms with Gasteiger partial charge >= 0.3 is 12.0 Å². The molecule has 1 unspecified atom stereocenters. The Balaban J connectivity index is 2.61. The first-order chi connectivity index (χ1) is 9.08. The van der Waals surface area contributed by atoms with Crippen LogP contribution >= 0.6 is 0 Å². The van der Waals surface area contributed by atoms with Crippen molar-refractivity contribution in [3.05, 3.63) is 0 Å². The van der Waals surface area contributed by atoms with Crippen molar-refractivity contribution in [2.45, 2.75) is 39.2 Å². The van der Waals surface area contributed by atoms with Gasteiger partial charge in [-0.15, -0.1) is 0 Å². The van der Waals surface area contributed by atoms with E-state index >= 15 is 0 Å². The summed E-state index contributed by atoms with van der Waals surface area (Å²) in [6.45, 7) is 7.65. The Hall–Kier alpha value is -1.30. The lowest BCUT2D eigenvalue weighted by atomic mass is 9.93. The molecule has 1 aliphatic heterocycles. The Morgan fingerprint density at radius 2 is 2.00 bits per heavy atom. The number of carbonyl (C=O) groups is 2. The maximum Gasteiger partial charge on any atom is 0.329 e. The van der Waals surface area contributed by atoms with Crippen LogP contribution in [0.5, 0.6) is 0 Å². The summed E-state index contributed by atoms with van der Waals surface area (Å²) in [5, 5.41) is 12.2. The number of amides is 2. The van der Waals surface area contributed by atoms with Crippen LogP contribution in [0.15, 0.2) is 0 Å². The molecule has 0 saturated carbocycles. The van der Waals surface area contributed by atoms with E-state index in [1.54, 1.807) is 6.92 Å². The lowest BCUT2D eigenvalue weighted by Gasteiger charge is -2.33.